The number of carbonyl (C=O) groups is 2. The Morgan fingerprint density at radius 2 is 1.79 bits per heavy atom. The predicted molar refractivity (Wildman–Crippen MR) is 129 cm³/mol. The molecule has 0 aliphatic heterocycles. The third-order valence-electron chi connectivity index (χ3n) is 5.98. The van der Waals surface area contributed by atoms with E-state index in [4.69, 9.17) is 0 Å². The Morgan fingerprint density at radius 1 is 1.00 bits per heavy atom. The molecule has 5 rings (SSSR count). The molecule has 0 atom stereocenters. The second-order valence-electron chi connectivity index (χ2n) is 8.44. The van der Waals surface area contributed by atoms with Crippen LogP contribution in [0.3, 0.4) is 0 Å². The fourth-order valence-electron chi connectivity index (χ4n) is 4.44. The van der Waals surface area contributed by atoms with Crippen molar-refractivity contribution < 1.29 is 14.0 Å². The lowest BCUT2D eigenvalue weighted by molar-refractivity contribution is -0.122. The summed E-state index contributed by atoms with van der Waals surface area (Å²) in [6.07, 6.45) is 5.59. The molecule has 2 heterocycles. The fourth-order valence-corrected chi connectivity index (χ4v) is 5.18. The van der Waals surface area contributed by atoms with Gasteiger partial charge in [0.2, 0.25) is 17.6 Å². The minimum absolute atomic E-state index is 0.0400. The summed E-state index contributed by atoms with van der Waals surface area (Å²) in [6.45, 7) is 0.149. The van der Waals surface area contributed by atoms with E-state index in [9.17, 15) is 14.0 Å². The van der Waals surface area contributed by atoms with Crippen molar-refractivity contribution in [3.8, 4) is 0 Å². The van der Waals surface area contributed by atoms with Gasteiger partial charge in [-0.3, -0.25) is 18.6 Å². The number of nitrogens with zero attached hydrogens (tertiary/aromatic N) is 4. The molecule has 0 spiro atoms. The van der Waals surface area contributed by atoms with Crippen molar-refractivity contribution in [3.63, 3.8) is 0 Å². The predicted octanol–water partition coefficient (Wildman–Crippen LogP) is 4.00. The minimum Gasteiger partial charge on any atom is -0.352 e. The van der Waals surface area contributed by atoms with Gasteiger partial charge in [-0.15, -0.1) is 10.2 Å². The lowest BCUT2D eigenvalue weighted by atomic mass is 9.95. The summed E-state index contributed by atoms with van der Waals surface area (Å²) in [7, 11) is 0. The summed E-state index contributed by atoms with van der Waals surface area (Å²) in [5.74, 6) is -0.0957. The molecule has 1 saturated carbocycles. The van der Waals surface area contributed by atoms with Crippen LogP contribution in [0.4, 0.5) is 10.1 Å². The van der Waals surface area contributed by atoms with Gasteiger partial charge in [-0.05, 0) is 43.2 Å². The average Bonchev–Trinajstić information content (AvgIpc) is 3.38. The van der Waals surface area contributed by atoms with Gasteiger partial charge < -0.3 is 10.6 Å². The Kier molecular flexibility index (Phi) is 6.48. The van der Waals surface area contributed by atoms with Crippen molar-refractivity contribution in [1.29, 1.82) is 0 Å². The van der Waals surface area contributed by atoms with E-state index in [0.717, 1.165) is 36.7 Å². The molecule has 2 amide bonds. The number of amides is 2. The number of nitrogens with one attached hydrogen (secondary N) is 2. The molecule has 1 aliphatic carbocycles. The van der Waals surface area contributed by atoms with Crippen LogP contribution in [-0.4, -0.2) is 42.8 Å². The number of rotatable bonds is 7. The second-order valence-corrected chi connectivity index (χ2v) is 9.38. The molecule has 0 saturated heterocycles. The van der Waals surface area contributed by atoms with Gasteiger partial charge >= 0.3 is 0 Å². The van der Waals surface area contributed by atoms with Crippen molar-refractivity contribution in [2.24, 2.45) is 0 Å². The maximum Gasteiger partial charge on any atom is 0.240 e. The van der Waals surface area contributed by atoms with Gasteiger partial charge in [0.25, 0.3) is 0 Å². The summed E-state index contributed by atoms with van der Waals surface area (Å²) in [5, 5.41) is 15.0. The third-order valence-corrected chi connectivity index (χ3v) is 6.91. The number of thioether (sulfide) groups is 1. The van der Waals surface area contributed by atoms with Crippen molar-refractivity contribution in [2.75, 3.05) is 11.1 Å². The highest BCUT2D eigenvalue weighted by Gasteiger charge is 2.21. The largest absolute Gasteiger partial charge is 0.352 e. The quantitative estimate of drug-likeness (QED) is 0.390. The lowest BCUT2D eigenvalue weighted by Gasteiger charge is -2.22. The van der Waals surface area contributed by atoms with Gasteiger partial charge in [0.15, 0.2) is 5.16 Å². The van der Waals surface area contributed by atoms with Crippen LogP contribution in [0.5, 0.6) is 0 Å². The standard InChI is InChI=1S/C24H25FN6O2S/c25-16-7-6-10-18(13-16)27-22(33)15-34-24-29-28-23-30(19-11-4-5-12-20(19)31(23)24)14-21(32)26-17-8-2-1-3-9-17/h4-7,10-13,17H,1-3,8-9,14-15H2,(H,26,32)(H,27,33). The monoisotopic (exact) mass is 480 g/mol. The summed E-state index contributed by atoms with van der Waals surface area (Å²) < 4.78 is 17.1. The topological polar surface area (TPSA) is 93.3 Å². The van der Waals surface area contributed by atoms with Gasteiger partial charge in [0.05, 0.1) is 16.8 Å². The first-order chi connectivity index (χ1) is 16.6. The highest BCUT2D eigenvalue weighted by atomic mass is 32.2. The number of anilines is 1. The van der Waals surface area contributed by atoms with Crippen LogP contribution >= 0.6 is 11.8 Å². The first-order valence-electron chi connectivity index (χ1n) is 11.4. The maximum absolute atomic E-state index is 13.4. The molecule has 1 fully saturated rings. The summed E-state index contributed by atoms with van der Waals surface area (Å²) >= 11 is 1.23. The molecule has 176 valence electrons. The molecule has 0 radical (unpaired) electrons. The van der Waals surface area contributed by atoms with E-state index in [2.05, 4.69) is 20.8 Å². The number of imidazole rings is 1. The zero-order chi connectivity index (χ0) is 23.5. The Morgan fingerprint density at radius 3 is 2.59 bits per heavy atom. The average molecular weight is 481 g/mol. The number of hydrogen-bond acceptors (Lipinski definition) is 5. The van der Waals surface area contributed by atoms with Crippen LogP contribution in [0.1, 0.15) is 32.1 Å². The van der Waals surface area contributed by atoms with Crippen LogP contribution in [0.2, 0.25) is 0 Å². The molecule has 8 nitrogen and oxygen atoms in total. The maximum atomic E-state index is 13.4. The van der Waals surface area contributed by atoms with Gasteiger partial charge in [0.1, 0.15) is 12.4 Å². The Bertz CT molecular complexity index is 1340. The number of aromatic nitrogens is 4. The van der Waals surface area contributed by atoms with Crippen molar-refractivity contribution in [2.45, 2.75) is 49.8 Å². The molecule has 2 aromatic heterocycles. The van der Waals surface area contributed by atoms with E-state index in [1.54, 1.807) is 12.1 Å². The Hall–Kier alpha value is -3.40. The number of benzene rings is 2. The van der Waals surface area contributed by atoms with E-state index in [1.807, 2.05) is 33.2 Å². The van der Waals surface area contributed by atoms with Crippen molar-refractivity contribution >= 4 is 46.1 Å². The van der Waals surface area contributed by atoms with E-state index in [0.29, 0.717) is 16.6 Å². The van der Waals surface area contributed by atoms with E-state index < -0.39 is 5.82 Å². The number of hydrogen-bond donors (Lipinski definition) is 2. The Balaban J connectivity index is 1.34. The molecule has 34 heavy (non-hydrogen) atoms. The molecule has 4 aromatic rings. The van der Waals surface area contributed by atoms with Gasteiger partial charge in [-0.25, -0.2) is 4.39 Å². The fraction of sp³-hybridized carbons (Fsp3) is 0.333. The zero-order valence-corrected chi connectivity index (χ0v) is 19.4. The van der Waals surface area contributed by atoms with Crippen LogP contribution in [0, 0.1) is 5.82 Å². The second kappa shape index (κ2) is 9.84. The van der Waals surface area contributed by atoms with E-state index >= 15 is 0 Å². The highest BCUT2D eigenvalue weighted by molar-refractivity contribution is 7.99. The molecular weight excluding hydrogens is 455 g/mol. The van der Waals surface area contributed by atoms with Gasteiger partial charge in [-0.2, -0.15) is 0 Å². The molecule has 2 aromatic carbocycles. The molecule has 0 bridgehead atoms. The van der Waals surface area contributed by atoms with Crippen molar-refractivity contribution in [3.05, 3.63) is 54.3 Å². The van der Waals surface area contributed by atoms with Crippen LogP contribution in [0.15, 0.2) is 53.7 Å². The first kappa shape index (κ1) is 22.4. The van der Waals surface area contributed by atoms with Crippen molar-refractivity contribution in [1.82, 2.24) is 24.5 Å². The summed E-state index contributed by atoms with van der Waals surface area (Å²) in [5.41, 5.74) is 2.14. The first-order valence-corrected chi connectivity index (χ1v) is 12.4. The number of carbonyl (C=O) groups excluding carboxylic acids is 2. The molecule has 1 aliphatic rings. The van der Waals surface area contributed by atoms with E-state index in [1.165, 1.54) is 30.3 Å². The molecule has 0 unspecified atom stereocenters. The number of halogens is 1. The highest BCUT2D eigenvalue weighted by Crippen LogP contribution is 2.26. The lowest BCUT2D eigenvalue weighted by Crippen LogP contribution is -2.38. The SMILES string of the molecule is O=C(CSc1nnc2n(CC(=O)NC3CCCCC3)c3ccccc3n12)Nc1cccc(F)c1. The molecule has 2 N–H and O–H groups in total. The molecular formula is C24H25FN6O2S. The smallest absolute Gasteiger partial charge is 0.240 e. The van der Waals surface area contributed by atoms with Gasteiger partial charge in [0, 0.05) is 11.7 Å². The number of fused-ring (bicyclic) bond motifs is 3. The normalized spacial score (nSPS) is 14.5. The van der Waals surface area contributed by atoms with Gasteiger partial charge in [-0.1, -0.05) is 49.2 Å². The Labute approximate surface area is 199 Å². The van der Waals surface area contributed by atoms with Crippen LogP contribution < -0.4 is 10.6 Å². The number of para-hydroxylation sites is 2. The third kappa shape index (κ3) is 4.77. The summed E-state index contributed by atoms with van der Waals surface area (Å²) in [6, 6.07) is 13.7. The van der Waals surface area contributed by atoms with E-state index in [-0.39, 0.29) is 30.2 Å². The zero-order valence-electron chi connectivity index (χ0n) is 18.5. The molecule has 10 heteroatoms. The van der Waals surface area contributed by atoms with Crippen LogP contribution in [-0.2, 0) is 16.1 Å². The summed E-state index contributed by atoms with van der Waals surface area (Å²) in [4.78, 5) is 25.2. The van der Waals surface area contributed by atoms with Crippen LogP contribution in [0.25, 0.3) is 16.8 Å². The minimum atomic E-state index is -0.412.